The van der Waals surface area contributed by atoms with Gasteiger partial charge in [-0.15, -0.1) is 0 Å². The molecular weight excluding hydrogens is 226 g/mol. The molecule has 0 bridgehead atoms. The molecule has 1 unspecified atom stereocenters. The number of methoxy groups -OCH3 is 1. The summed E-state index contributed by atoms with van der Waals surface area (Å²) in [6, 6.07) is 6.06. The zero-order chi connectivity index (χ0) is 13.5. The van der Waals surface area contributed by atoms with E-state index in [1.807, 2.05) is 25.1 Å². The van der Waals surface area contributed by atoms with Gasteiger partial charge in [0.25, 0.3) is 0 Å². The third-order valence-corrected chi connectivity index (χ3v) is 2.77. The molecule has 0 saturated carbocycles. The van der Waals surface area contributed by atoms with Crippen molar-refractivity contribution in [1.82, 2.24) is 0 Å². The molecule has 0 aromatic heterocycles. The lowest BCUT2D eigenvalue weighted by atomic mass is 10.1. The molecule has 1 aromatic rings. The lowest BCUT2D eigenvalue weighted by Gasteiger charge is -2.15. The predicted molar refractivity (Wildman–Crippen MR) is 75.3 cm³/mol. The number of hydrogen-bond acceptors (Lipinski definition) is 3. The first-order chi connectivity index (χ1) is 8.52. The van der Waals surface area contributed by atoms with Gasteiger partial charge in [-0.25, -0.2) is 0 Å². The maximum Gasteiger partial charge on any atom is 0.126 e. The maximum atomic E-state index is 5.86. The Morgan fingerprint density at radius 2 is 1.94 bits per heavy atom. The fraction of sp³-hybridized carbons (Fsp3) is 0.600. The van der Waals surface area contributed by atoms with Crippen molar-refractivity contribution in [3.8, 4) is 11.5 Å². The molecule has 102 valence electrons. The summed E-state index contributed by atoms with van der Waals surface area (Å²) in [4.78, 5) is 0. The highest BCUT2D eigenvalue weighted by atomic mass is 16.5. The molecule has 18 heavy (non-hydrogen) atoms. The zero-order valence-electron chi connectivity index (χ0n) is 11.9. The largest absolute Gasteiger partial charge is 0.497 e. The van der Waals surface area contributed by atoms with Gasteiger partial charge in [-0.05, 0) is 37.3 Å². The van der Waals surface area contributed by atoms with Gasteiger partial charge in [0.1, 0.15) is 11.5 Å². The fourth-order valence-electron chi connectivity index (χ4n) is 1.72. The van der Waals surface area contributed by atoms with Crippen molar-refractivity contribution in [1.29, 1.82) is 0 Å². The highest BCUT2D eigenvalue weighted by molar-refractivity contribution is 5.41. The standard InChI is InChI=1S/C15H25NO2/c1-11(2)7-8-18-15-10-14(17-4)6-5-13(15)9-12(3)16/h5-6,10-12H,7-9,16H2,1-4H3. The molecule has 0 fully saturated rings. The minimum absolute atomic E-state index is 0.130. The Labute approximate surface area is 110 Å². The monoisotopic (exact) mass is 251 g/mol. The van der Waals surface area contributed by atoms with E-state index in [0.29, 0.717) is 5.92 Å². The van der Waals surface area contributed by atoms with Crippen molar-refractivity contribution >= 4 is 0 Å². The average molecular weight is 251 g/mol. The Morgan fingerprint density at radius 3 is 2.50 bits per heavy atom. The van der Waals surface area contributed by atoms with Gasteiger partial charge in [0, 0.05) is 12.1 Å². The molecule has 1 atom stereocenters. The van der Waals surface area contributed by atoms with Crippen LogP contribution in [0.25, 0.3) is 0 Å². The van der Waals surface area contributed by atoms with Crippen molar-refractivity contribution in [2.45, 2.75) is 39.7 Å². The molecular formula is C15H25NO2. The number of hydrogen-bond donors (Lipinski definition) is 1. The summed E-state index contributed by atoms with van der Waals surface area (Å²) < 4.78 is 11.1. The van der Waals surface area contributed by atoms with Gasteiger partial charge in [0.05, 0.1) is 13.7 Å². The van der Waals surface area contributed by atoms with Crippen molar-refractivity contribution in [3.63, 3.8) is 0 Å². The molecule has 1 rings (SSSR count). The van der Waals surface area contributed by atoms with E-state index in [-0.39, 0.29) is 6.04 Å². The van der Waals surface area contributed by atoms with Crippen LogP contribution < -0.4 is 15.2 Å². The molecule has 0 aliphatic rings. The molecule has 0 amide bonds. The van der Waals surface area contributed by atoms with E-state index in [1.165, 1.54) is 0 Å². The van der Waals surface area contributed by atoms with Crippen molar-refractivity contribution < 1.29 is 9.47 Å². The van der Waals surface area contributed by atoms with Crippen molar-refractivity contribution in [2.75, 3.05) is 13.7 Å². The Balaban J connectivity index is 2.76. The predicted octanol–water partition coefficient (Wildman–Crippen LogP) is 3.01. The summed E-state index contributed by atoms with van der Waals surface area (Å²) in [6.45, 7) is 7.12. The fourth-order valence-corrected chi connectivity index (χ4v) is 1.72. The van der Waals surface area contributed by atoms with Crippen molar-refractivity contribution in [2.24, 2.45) is 11.7 Å². The first-order valence-corrected chi connectivity index (χ1v) is 6.58. The van der Waals surface area contributed by atoms with Gasteiger partial charge in [-0.1, -0.05) is 19.9 Å². The molecule has 0 aliphatic carbocycles. The number of nitrogens with two attached hydrogens (primary N) is 1. The second kappa shape index (κ2) is 7.27. The third-order valence-electron chi connectivity index (χ3n) is 2.77. The molecule has 1 aromatic carbocycles. The van der Waals surface area contributed by atoms with Gasteiger partial charge in [-0.2, -0.15) is 0 Å². The summed E-state index contributed by atoms with van der Waals surface area (Å²) in [6.07, 6.45) is 1.87. The summed E-state index contributed by atoms with van der Waals surface area (Å²) in [5, 5.41) is 0. The summed E-state index contributed by atoms with van der Waals surface area (Å²) >= 11 is 0. The Kier molecular flexibility index (Phi) is 5.99. The second-order valence-corrected chi connectivity index (χ2v) is 5.19. The van der Waals surface area contributed by atoms with Crippen LogP contribution in [0.15, 0.2) is 18.2 Å². The van der Waals surface area contributed by atoms with E-state index in [2.05, 4.69) is 13.8 Å². The van der Waals surface area contributed by atoms with Gasteiger partial charge in [0.15, 0.2) is 0 Å². The van der Waals surface area contributed by atoms with Crippen LogP contribution in [0.3, 0.4) is 0 Å². The quantitative estimate of drug-likeness (QED) is 0.810. The Bertz CT molecular complexity index is 362. The van der Waals surface area contributed by atoms with E-state index >= 15 is 0 Å². The SMILES string of the molecule is COc1ccc(CC(C)N)c(OCCC(C)C)c1. The molecule has 0 aliphatic heterocycles. The minimum Gasteiger partial charge on any atom is -0.497 e. The topological polar surface area (TPSA) is 44.5 Å². The summed E-state index contributed by atoms with van der Waals surface area (Å²) in [5.41, 5.74) is 7.00. The molecule has 2 N–H and O–H groups in total. The van der Waals surface area contributed by atoms with Crippen LogP contribution >= 0.6 is 0 Å². The van der Waals surface area contributed by atoms with E-state index in [1.54, 1.807) is 7.11 Å². The van der Waals surface area contributed by atoms with Crippen LogP contribution in [0.1, 0.15) is 32.8 Å². The van der Waals surface area contributed by atoms with E-state index in [0.717, 1.165) is 36.5 Å². The first-order valence-electron chi connectivity index (χ1n) is 6.58. The summed E-state index contributed by atoms with van der Waals surface area (Å²) in [5.74, 6) is 2.36. The Morgan fingerprint density at radius 1 is 1.22 bits per heavy atom. The molecule has 0 radical (unpaired) electrons. The van der Waals surface area contributed by atoms with Gasteiger partial charge in [0.2, 0.25) is 0 Å². The number of rotatable bonds is 7. The smallest absolute Gasteiger partial charge is 0.126 e. The van der Waals surface area contributed by atoms with Gasteiger partial charge < -0.3 is 15.2 Å². The Hall–Kier alpha value is -1.22. The second-order valence-electron chi connectivity index (χ2n) is 5.19. The first kappa shape index (κ1) is 14.8. The van der Waals surface area contributed by atoms with E-state index in [4.69, 9.17) is 15.2 Å². The number of benzene rings is 1. The lowest BCUT2D eigenvalue weighted by Crippen LogP contribution is -2.18. The molecule has 0 heterocycles. The molecule has 3 heteroatoms. The van der Waals surface area contributed by atoms with Crippen LogP contribution in [0.5, 0.6) is 11.5 Å². The van der Waals surface area contributed by atoms with E-state index < -0.39 is 0 Å². The highest BCUT2D eigenvalue weighted by Gasteiger charge is 2.08. The summed E-state index contributed by atoms with van der Waals surface area (Å²) in [7, 11) is 1.67. The normalized spacial score (nSPS) is 12.6. The van der Waals surface area contributed by atoms with Gasteiger partial charge >= 0.3 is 0 Å². The zero-order valence-corrected chi connectivity index (χ0v) is 11.9. The lowest BCUT2D eigenvalue weighted by molar-refractivity contribution is 0.284. The van der Waals surface area contributed by atoms with Crippen LogP contribution in [-0.2, 0) is 6.42 Å². The molecule has 0 spiro atoms. The van der Waals surface area contributed by atoms with Crippen LogP contribution in [0, 0.1) is 5.92 Å². The van der Waals surface area contributed by atoms with Crippen molar-refractivity contribution in [3.05, 3.63) is 23.8 Å². The maximum absolute atomic E-state index is 5.86. The molecule has 3 nitrogen and oxygen atoms in total. The average Bonchev–Trinajstić information content (AvgIpc) is 2.30. The molecule has 0 saturated heterocycles. The van der Waals surface area contributed by atoms with E-state index in [9.17, 15) is 0 Å². The minimum atomic E-state index is 0.130. The van der Waals surface area contributed by atoms with Crippen LogP contribution in [-0.4, -0.2) is 19.8 Å². The third kappa shape index (κ3) is 4.96. The number of ether oxygens (including phenoxy) is 2. The van der Waals surface area contributed by atoms with Crippen LogP contribution in [0.2, 0.25) is 0 Å². The van der Waals surface area contributed by atoms with Gasteiger partial charge in [-0.3, -0.25) is 0 Å². The highest BCUT2D eigenvalue weighted by Crippen LogP contribution is 2.26. The van der Waals surface area contributed by atoms with Crippen LogP contribution in [0.4, 0.5) is 0 Å².